The van der Waals surface area contributed by atoms with Crippen LogP contribution in [0, 0.1) is 0 Å². The maximum atomic E-state index is 12.8. The number of carbonyl (C=O) groups is 3. The molecule has 0 bridgehead atoms. The second-order valence-corrected chi connectivity index (χ2v) is 10.5. The van der Waals surface area contributed by atoms with E-state index in [0.29, 0.717) is 35.8 Å². The van der Waals surface area contributed by atoms with Crippen LogP contribution in [0.5, 0.6) is 5.75 Å². The molecule has 0 unspecified atom stereocenters. The number of phenols is 1. The summed E-state index contributed by atoms with van der Waals surface area (Å²) in [6.45, 7) is 10.3. The van der Waals surface area contributed by atoms with Gasteiger partial charge in [-0.2, -0.15) is 0 Å². The van der Waals surface area contributed by atoms with Gasteiger partial charge in [0.2, 0.25) is 5.91 Å². The molecule has 1 aromatic carbocycles. The van der Waals surface area contributed by atoms with E-state index in [1.807, 2.05) is 34.6 Å². The number of phenolic OH excluding ortho intramolecular Hbond substituents is 1. The monoisotopic (exact) mass is 518 g/mol. The van der Waals surface area contributed by atoms with Crippen molar-refractivity contribution in [2.45, 2.75) is 65.0 Å². The van der Waals surface area contributed by atoms with E-state index >= 15 is 0 Å². The van der Waals surface area contributed by atoms with Gasteiger partial charge in [0, 0.05) is 34.6 Å². The molecule has 196 valence electrons. The number of rotatable bonds is 11. The van der Waals surface area contributed by atoms with Crippen LogP contribution < -0.4 is 16.0 Å². The van der Waals surface area contributed by atoms with Gasteiger partial charge in [0.1, 0.15) is 17.0 Å². The van der Waals surface area contributed by atoms with E-state index in [0.717, 1.165) is 0 Å². The van der Waals surface area contributed by atoms with E-state index < -0.39 is 11.1 Å². The fourth-order valence-electron chi connectivity index (χ4n) is 3.25. The minimum absolute atomic E-state index is 0.0223. The first-order chi connectivity index (χ1) is 16.7. The van der Waals surface area contributed by atoms with Crippen LogP contribution in [-0.2, 0) is 20.7 Å². The smallest absolute Gasteiger partial charge is 0.307 e. The summed E-state index contributed by atoms with van der Waals surface area (Å²) in [6.07, 6.45) is 2.24. The van der Waals surface area contributed by atoms with Gasteiger partial charge in [-0.25, -0.2) is 0 Å². The van der Waals surface area contributed by atoms with E-state index in [1.54, 1.807) is 6.07 Å². The molecular weight excluding hydrogens is 484 g/mol. The summed E-state index contributed by atoms with van der Waals surface area (Å²) >= 11 is 5.93. The number of aromatic nitrogens is 1. The highest BCUT2D eigenvalue weighted by Gasteiger charge is 2.22. The average molecular weight is 519 g/mol. The minimum Gasteiger partial charge on any atom is -0.508 e. The second kappa shape index (κ2) is 12.7. The first-order valence-corrected chi connectivity index (χ1v) is 12.1. The molecule has 0 aliphatic carbocycles. The number of nitrogens with one attached hydrogen (secondary N) is 3. The fourth-order valence-corrected chi connectivity index (χ4v) is 3.44. The number of halogens is 1. The van der Waals surface area contributed by atoms with E-state index in [2.05, 4.69) is 20.9 Å². The van der Waals surface area contributed by atoms with Crippen LogP contribution in [0.1, 0.15) is 63.5 Å². The van der Waals surface area contributed by atoms with Crippen LogP contribution in [0.3, 0.4) is 0 Å². The van der Waals surface area contributed by atoms with Crippen LogP contribution in [0.4, 0.5) is 5.69 Å². The van der Waals surface area contributed by atoms with Crippen molar-refractivity contribution in [3.8, 4) is 5.75 Å². The number of ether oxygens (including phenoxy) is 1. The Labute approximate surface area is 217 Å². The number of aromatic hydroxyl groups is 1. The number of anilines is 1. The minimum atomic E-state index is -0.541. The number of hydrogen-bond acceptors (Lipinski definition) is 7. The van der Waals surface area contributed by atoms with Gasteiger partial charge in [0.05, 0.1) is 12.8 Å². The molecule has 0 aliphatic rings. The summed E-state index contributed by atoms with van der Waals surface area (Å²) in [5.74, 6) is -1.03. The molecule has 1 heterocycles. The summed E-state index contributed by atoms with van der Waals surface area (Å²) < 4.78 is 5.27. The van der Waals surface area contributed by atoms with Crippen molar-refractivity contribution in [1.82, 2.24) is 15.6 Å². The molecular formula is C26H35ClN4O5. The SMILES string of the molecule is CC(C)(CCNCCC(=O)OC(C)(C)C)NC(=O)c1cc(NC(=O)Cc2cc(Cl)ccc2O)ccn1. The molecule has 2 amide bonds. The molecule has 0 aliphatic heterocycles. The predicted molar refractivity (Wildman–Crippen MR) is 139 cm³/mol. The molecule has 36 heavy (non-hydrogen) atoms. The number of pyridine rings is 1. The first-order valence-electron chi connectivity index (χ1n) is 11.7. The van der Waals surface area contributed by atoms with Crippen LogP contribution in [0.15, 0.2) is 36.5 Å². The number of esters is 1. The highest BCUT2D eigenvalue weighted by molar-refractivity contribution is 6.30. The quantitative estimate of drug-likeness (QED) is 0.262. The zero-order chi connectivity index (χ0) is 26.9. The van der Waals surface area contributed by atoms with Crippen LogP contribution >= 0.6 is 11.6 Å². The Morgan fingerprint density at radius 2 is 1.78 bits per heavy atom. The highest BCUT2D eigenvalue weighted by Crippen LogP contribution is 2.22. The number of hydrogen-bond donors (Lipinski definition) is 4. The van der Waals surface area contributed by atoms with Crippen molar-refractivity contribution in [2.24, 2.45) is 0 Å². The zero-order valence-electron chi connectivity index (χ0n) is 21.4. The third kappa shape index (κ3) is 10.6. The molecule has 9 nitrogen and oxygen atoms in total. The summed E-state index contributed by atoms with van der Waals surface area (Å²) in [5.41, 5.74) is -0.0846. The Hall–Kier alpha value is -3.17. The molecule has 0 saturated carbocycles. The Bertz CT molecular complexity index is 1080. The summed E-state index contributed by atoms with van der Waals surface area (Å²) in [5, 5.41) is 19.2. The largest absolute Gasteiger partial charge is 0.508 e. The average Bonchev–Trinajstić information content (AvgIpc) is 2.74. The Morgan fingerprint density at radius 3 is 2.47 bits per heavy atom. The second-order valence-electron chi connectivity index (χ2n) is 10.1. The van der Waals surface area contributed by atoms with E-state index in [4.69, 9.17) is 16.3 Å². The molecule has 0 fully saturated rings. The third-order valence-electron chi connectivity index (χ3n) is 4.97. The van der Waals surface area contributed by atoms with E-state index in [9.17, 15) is 19.5 Å². The molecule has 0 saturated heterocycles. The molecule has 4 N–H and O–H groups in total. The Morgan fingerprint density at radius 1 is 1.06 bits per heavy atom. The number of nitrogens with zero attached hydrogens (tertiary/aromatic N) is 1. The molecule has 2 rings (SSSR count). The Balaban J connectivity index is 1.83. The topological polar surface area (TPSA) is 130 Å². The third-order valence-corrected chi connectivity index (χ3v) is 5.21. The molecule has 1 aromatic heterocycles. The standard InChI is InChI=1S/C26H35ClN4O5/c1-25(2,3)36-23(34)9-11-28-13-10-26(4,5)31-24(35)20-16-19(8-12-29-20)30-22(33)15-17-14-18(27)6-7-21(17)32/h6-8,12,14,16,28,32H,9-11,13,15H2,1-5H3,(H,31,35)(H,29,30,33). The van der Waals surface area contributed by atoms with Gasteiger partial charge in [-0.1, -0.05) is 11.6 Å². The fraction of sp³-hybridized carbons (Fsp3) is 0.462. The number of amides is 2. The van der Waals surface area contributed by atoms with Crippen LogP contribution in [0.25, 0.3) is 0 Å². The van der Waals surface area contributed by atoms with Crippen LogP contribution in [0.2, 0.25) is 5.02 Å². The lowest BCUT2D eigenvalue weighted by Crippen LogP contribution is -2.45. The van der Waals surface area contributed by atoms with Crippen molar-refractivity contribution in [2.75, 3.05) is 18.4 Å². The molecule has 10 heteroatoms. The van der Waals surface area contributed by atoms with Crippen molar-refractivity contribution in [3.63, 3.8) is 0 Å². The van der Waals surface area contributed by atoms with Crippen molar-refractivity contribution >= 4 is 35.1 Å². The van der Waals surface area contributed by atoms with E-state index in [-0.39, 0.29) is 42.1 Å². The molecule has 0 spiro atoms. The maximum Gasteiger partial charge on any atom is 0.307 e. The Kier molecular flexibility index (Phi) is 10.2. The van der Waals surface area contributed by atoms with Gasteiger partial charge in [-0.15, -0.1) is 0 Å². The van der Waals surface area contributed by atoms with Gasteiger partial charge in [0.15, 0.2) is 0 Å². The van der Waals surface area contributed by atoms with Crippen molar-refractivity contribution < 1.29 is 24.2 Å². The summed E-state index contributed by atoms with van der Waals surface area (Å²) in [7, 11) is 0. The maximum absolute atomic E-state index is 12.8. The van der Waals surface area contributed by atoms with Gasteiger partial charge in [-0.3, -0.25) is 19.4 Å². The lowest BCUT2D eigenvalue weighted by atomic mass is 10.0. The highest BCUT2D eigenvalue weighted by atomic mass is 35.5. The van der Waals surface area contributed by atoms with Gasteiger partial charge in [0.25, 0.3) is 5.91 Å². The zero-order valence-corrected chi connectivity index (χ0v) is 22.2. The lowest BCUT2D eigenvalue weighted by Gasteiger charge is -2.26. The normalized spacial score (nSPS) is 11.6. The lowest BCUT2D eigenvalue weighted by molar-refractivity contribution is -0.154. The van der Waals surface area contributed by atoms with Crippen molar-refractivity contribution in [1.29, 1.82) is 0 Å². The number of carbonyl (C=O) groups excluding carboxylic acids is 3. The van der Waals surface area contributed by atoms with Crippen LogP contribution in [-0.4, -0.2) is 52.1 Å². The van der Waals surface area contributed by atoms with Gasteiger partial charge < -0.3 is 25.8 Å². The first kappa shape index (κ1) is 29.1. The molecule has 0 radical (unpaired) electrons. The van der Waals surface area contributed by atoms with Gasteiger partial charge in [-0.05, 0) is 77.9 Å². The summed E-state index contributed by atoms with van der Waals surface area (Å²) in [4.78, 5) is 41.1. The van der Waals surface area contributed by atoms with Crippen molar-refractivity contribution in [3.05, 3.63) is 52.8 Å². The predicted octanol–water partition coefficient (Wildman–Crippen LogP) is 3.84. The summed E-state index contributed by atoms with van der Waals surface area (Å²) in [6, 6.07) is 7.55. The molecule has 0 atom stereocenters. The van der Waals surface area contributed by atoms with E-state index in [1.165, 1.54) is 30.5 Å². The van der Waals surface area contributed by atoms with Gasteiger partial charge >= 0.3 is 5.97 Å². The molecule has 2 aromatic rings. The number of benzene rings is 1.